The van der Waals surface area contributed by atoms with Crippen molar-refractivity contribution in [1.82, 2.24) is 10.6 Å². The second-order valence-corrected chi connectivity index (χ2v) is 4.97. The number of para-hydroxylation sites is 1. The van der Waals surface area contributed by atoms with Gasteiger partial charge in [-0.3, -0.25) is 4.79 Å². The van der Waals surface area contributed by atoms with Gasteiger partial charge in [0.05, 0.1) is 11.6 Å². The van der Waals surface area contributed by atoms with E-state index in [2.05, 4.69) is 10.6 Å². The average Bonchev–Trinajstić information content (AvgIpc) is 2.39. The summed E-state index contributed by atoms with van der Waals surface area (Å²) in [6.07, 6.45) is -0.134. The summed E-state index contributed by atoms with van der Waals surface area (Å²) in [5.41, 5.74) is 0. The molecule has 0 aliphatic rings. The average molecular weight is 285 g/mol. The molecule has 0 fully saturated rings. The third kappa shape index (κ3) is 5.49. The molecule has 4 nitrogen and oxygen atoms in total. The molecule has 0 aromatic heterocycles. The maximum Gasteiger partial charge on any atom is 0.224 e. The summed E-state index contributed by atoms with van der Waals surface area (Å²) >= 11 is 6.00. The normalized spacial score (nSPS) is 13.7. The Balaban J connectivity index is 2.38. The molecule has 0 aliphatic heterocycles. The zero-order valence-electron chi connectivity index (χ0n) is 11.6. The van der Waals surface area contributed by atoms with Gasteiger partial charge < -0.3 is 15.4 Å². The van der Waals surface area contributed by atoms with Crippen LogP contribution in [0.2, 0.25) is 5.02 Å². The molecule has 2 N–H and O–H groups in total. The van der Waals surface area contributed by atoms with Crippen LogP contribution in [0.1, 0.15) is 13.8 Å². The Kier molecular flexibility index (Phi) is 6.67. The Morgan fingerprint density at radius 2 is 2.00 bits per heavy atom. The SMILES string of the molecule is CNCC(C)C(=O)NCC(C)Oc1ccccc1Cl. The van der Waals surface area contributed by atoms with Crippen molar-refractivity contribution in [3.8, 4) is 5.75 Å². The highest BCUT2D eigenvalue weighted by atomic mass is 35.5. The number of hydrogen-bond donors (Lipinski definition) is 2. The van der Waals surface area contributed by atoms with Crippen LogP contribution in [0.4, 0.5) is 0 Å². The Morgan fingerprint density at radius 3 is 2.63 bits per heavy atom. The molecule has 1 aromatic rings. The predicted octanol–water partition coefficient (Wildman–Crippen LogP) is 2.08. The van der Waals surface area contributed by atoms with Gasteiger partial charge in [0.2, 0.25) is 5.91 Å². The second-order valence-electron chi connectivity index (χ2n) is 4.56. The minimum absolute atomic E-state index is 0.0176. The molecule has 0 bridgehead atoms. The van der Waals surface area contributed by atoms with Crippen LogP contribution in [0.25, 0.3) is 0 Å². The van der Waals surface area contributed by atoms with Crippen molar-refractivity contribution in [3.63, 3.8) is 0 Å². The Hall–Kier alpha value is -1.26. The van der Waals surface area contributed by atoms with Gasteiger partial charge in [-0.25, -0.2) is 0 Å². The molecule has 0 saturated carbocycles. The van der Waals surface area contributed by atoms with E-state index in [0.717, 1.165) is 0 Å². The number of carbonyl (C=O) groups is 1. The van der Waals surface area contributed by atoms with Gasteiger partial charge >= 0.3 is 0 Å². The van der Waals surface area contributed by atoms with Crippen molar-refractivity contribution in [3.05, 3.63) is 29.3 Å². The molecule has 2 unspecified atom stereocenters. The van der Waals surface area contributed by atoms with Crippen LogP contribution in [0.15, 0.2) is 24.3 Å². The first kappa shape index (κ1) is 15.8. The molecule has 0 saturated heterocycles. The molecule has 2 atom stereocenters. The van der Waals surface area contributed by atoms with Crippen LogP contribution >= 0.6 is 11.6 Å². The molecule has 1 rings (SSSR count). The van der Waals surface area contributed by atoms with Crippen molar-refractivity contribution in [2.45, 2.75) is 20.0 Å². The molecule has 5 heteroatoms. The minimum Gasteiger partial charge on any atom is -0.487 e. The highest BCUT2D eigenvalue weighted by Crippen LogP contribution is 2.23. The summed E-state index contributed by atoms with van der Waals surface area (Å²) < 4.78 is 5.67. The predicted molar refractivity (Wildman–Crippen MR) is 77.6 cm³/mol. The lowest BCUT2D eigenvalue weighted by molar-refractivity contribution is -0.124. The van der Waals surface area contributed by atoms with Gasteiger partial charge in [0.1, 0.15) is 11.9 Å². The van der Waals surface area contributed by atoms with E-state index in [1.54, 1.807) is 6.07 Å². The van der Waals surface area contributed by atoms with Crippen molar-refractivity contribution >= 4 is 17.5 Å². The molecular formula is C14H21ClN2O2. The van der Waals surface area contributed by atoms with E-state index in [0.29, 0.717) is 23.9 Å². The van der Waals surface area contributed by atoms with Gasteiger partial charge in [-0.1, -0.05) is 30.7 Å². The maximum absolute atomic E-state index is 11.7. The standard InChI is InChI=1S/C14H21ClN2O2/c1-10(8-16-3)14(18)17-9-11(2)19-13-7-5-4-6-12(13)15/h4-7,10-11,16H,8-9H2,1-3H3,(H,17,18). The molecule has 1 aromatic carbocycles. The molecule has 0 radical (unpaired) electrons. The second kappa shape index (κ2) is 8.02. The molecular weight excluding hydrogens is 264 g/mol. The van der Waals surface area contributed by atoms with Crippen LogP contribution in [0.5, 0.6) is 5.75 Å². The largest absolute Gasteiger partial charge is 0.487 e. The third-order valence-electron chi connectivity index (χ3n) is 2.69. The van der Waals surface area contributed by atoms with Crippen molar-refractivity contribution < 1.29 is 9.53 Å². The first-order valence-electron chi connectivity index (χ1n) is 6.38. The van der Waals surface area contributed by atoms with E-state index >= 15 is 0 Å². The van der Waals surface area contributed by atoms with Crippen LogP contribution in [-0.2, 0) is 4.79 Å². The van der Waals surface area contributed by atoms with E-state index in [4.69, 9.17) is 16.3 Å². The van der Waals surface area contributed by atoms with E-state index in [1.807, 2.05) is 39.1 Å². The first-order valence-corrected chi connectivity index (χ1v) is 6.76. The highest BCUT2D eigenvalue weighted by molar-refractivity contribution is 6.32. The van der Waals surface area contributed by atoms with E-state index in [-0.39, 0.29) is 17.9 Å². The van der Waals surface area contributed by atoms with Crippen molar-refractivity contribution in [2.75, 3.05) is 20.1 Å². The Labute approximate surface area is 119 Å². The van der Waals surface area contributed by atoms with E-state index in [9.17, 15) is 4.79 Å². The Morgan fingerprint density at radius 1 is 1.32 bits per heavy atom. The van der Waals surface area contributed by atoms with Gasteiger partial charge in [-0.2, -0.15) is 0 Å². The molecule has 1 amide bonds. The maximum atomic E-state index is 11.7. The lowest BCUT2D eigenvalue weighted by Crippen LogP contribution is -2.39. The number of carbonyl (C=O) groups excluding carboxylic acids is 1. The van der Waals surface area contributed by atoms with Gasteiger partial charge in [0, 0.05) is 12.5 Å². The molecule has 0 spiro atoms. The van der Waals surface area contributed by atoms with E-state index in [1.165, 1.54) is 0 Å². The van der Waals surface area contributed by atoms with Crippen LogP contribution in [-0.4, -0.2) is 32.1 Å². The highest BCUT2D eigenvalue weighted by Gasteiger charge is 2.13. The fraction of sp³-hybridized carbons (Fsp3) is 0.500. The summed E-state index contributed by atoms with van der Waals surface area (Å²) in [5, 5.41) is 6.41. The van der Waals surface area contributed by atoms with Crippen LogP contribution in [0, 0.1) is 5.92 Å². The summed E-state index contributed by atoms with van der Waals surface area (Å²) in [6, 6.07) is 7.30. The molecule has 19 heavy (non-hydrogen) atoms. The summed E-state index contributed by atoms with van der Waals surface area (Å²) in [6.45, 7) is 4.89. The van der Waals surface area contributed by atoms with Crippen molar-refractivity contribution in [2.24, 2.45) is 5.92 Å². The quantitative estimate of drug-likeness (QED) is 0.806. The molecule has 106 valence electrons. The molecule has 0 heterocycles. The molecule has 0 aliphatic carbocycles. The lowest BCUT2D eigenvalue weighted by Gasteiger charge is -2.18. The lowest BCUT2D eigenvalue weighted by atomic mass is 10.1. The fourth-order valence-electron chi connectivity index (χ4n) is 1.62. The summed E-state index contributed by atoms with van der Waals surface area (Å²) in [4.78, 5) is 11.7. The van der Waals surface area contributed by atoms with Gasteiger partial charge in [0.25, 0.3) is 0 Å². The van der Waals surface area contributed by atoms with Gasteiger partial charge in [0.15, 0.2) is 0 Å². The topological polar surface area (TPSA) is 50.4 Å². The monoisotopic (exact) mass is 284 g/mol. The smallest absolute Gasteiger partial charge is 0.224 e. The van der Waals surface area contributed by atoms with Crippen LogP contribution in [0.3, 0.4) is 0 Å². The van der Waals surface area contributed by atoms with Crippen LogP contribution < -0.4 is 15.4 Å². The summed E-state index contributed by atoms with van der Waals surface area (Å²) in [7, 11) is 1.83. The number of nitrogens with one attached hydrogen (secondary N) is 2. The summed E-state index contributed by atoms with van der Waals surface area (Å²) in [5.74, 6) is 0.593. The number of hydrogen-bond acceptors (Lipinski definition) is 3. The fourth-order valence-corrected chi connectivity index (χ4v) is 1.80. The Bertz CT molecular complexity index is 412. The zero-order valence-corrected chi connectivity index (χ0v) is 12.3. The minimum atomic E-state index is -0.134. The zero-order chi connectivity index (χ0) is 14.3. The van der Waals surface area contributed by atoms with Gasteiger partial charge in [-0.15, -0.1) is 0 Å². The number of rotatable bonds is 7. The number of amides is 1. The van der Waals surface area contributed by atoms with Gasteiger partial charge in [-0.05, 0) is 26.1 Å². The number of halogens is 1. The third-order valence-corrected chi connectivity index (χ3v) is 3.00. The van der Waals surface area contributed by atoms with Crippen molar-refractivity contribution in [1.29, 1.82) is 0 Å². The number of ether oxygens (including phenoxy) is 1. The number of benzene rings is 1. The van der Waals surface area contributed by atoms with E-state index < -0.39 is 0 Å². The first-order chi connectivity index (χ1) is 9.04.